The van der Waals surface area contributed by atoms with Crippen molar-refractivity contribution in [3.8, 4) is 6.07 Å². The van der Waals surface area contributed by atoms with Gasteiger partial charge in [-0.05, 0) is 31.0 Å². The van der Waals surface area contributed by atoms with Crippen molar-refractivity contribution in [2.24, 2.45) is 0 Å². The van der Waals surface area contributed by atoms with Crippen LogP contribution in [-0.2, 0) is 4.74 Å². The number of piperidine rings is 1. The van der Waals surface area contributed by atoms with Crippen LogP contribution in [0.5, 0.6) is 0 Å². The minimum atomic E-state index is 0.296. The van der Waals surface area contributed by atoms with E-state index < -0.39 is 0 Å². The highest BCUT2D eigenvalue weighted by Gasteiger charge is 2.21. The molecule has 0 spiro atoms. The minimum absolute atomic E-state index is 0.296. The predicted octanol–water partition coefficient (Wildman–Crippen LogP) is 1.66. The summed E-state index contributed by atoms with van der Waals surface area (Å²) in [6.45, 7) is 4.93. The van der Waals surface area contributed by atoms with Gasteiger partial charge in [0, 0.05) is 50.3 Å². The number of nitrogens with zero attached hydrogens (tertiary/aromatic N) is 6. The van der Waals surface area contributed by atoms with Gasteiger partial charge in [0.25, 0.3) is 0 Å². The van der Waals surface area contributed by atoms with Gasteiger partial charge in [0.05, 0.1) is 13.2 Å². The van der Waals surface area contributed by atoms with Gasteiger partial charge >= 0.3 is 0 Å². The van der Waals surface area contributed by atoms with Gasteiger partial charge in [-0.3, -0.25) is 0 Å². The zero-order valence-electron chi connectivity index (χ0n) is 15.2. The number of pyridine rings is 1. The molecule has 1 N–H and O–H groups in total. The van der Waals surface area contributed by atoms with E-state index in [1.54, 1.807) is 6.20 Å². The fourth-order valence-electron chi connectivity index (χ4n) is 3.56. The molecule has 27 heavy (non-hydrogen) atoms. The van der Waals surface area contributed by atoms with Gasteiger partial charge in [-0.25, -0.2) is 9.97 Å². The Kier molecular flexibility index (Phi) is 5.30. The maximum absolute atomic E-state index is 9.07. The van der Waals surface area contributed by atoms with Crippen LogP contribution in [0, 0.1) is 11.3 Å². The minimum Gasteiger partial charge on any atom is -0.378 e. The van der Waals surface area contributed by atoms with Gasteiger partial charge in [0.2, 0.25) is 5.95 Å². The molecule has 0 aliphatic carbocycles. The van der Waals surface area contributed by atoms with Gasteiger partial charge in [0.15, 0.2) is 0 Å². The summed E-state index contributed by atoms with van der Waals surface area (Å²) in [6.07, 6.45) is 5.68. The summed E-state index contributed by atoms with van der Waals surface area (Å²) >= 11 is 0. The Morgan fingerprint density at radius 1 is 1.11 bits per heavy atom. The number of hydrogen-bond acceptors (Lipinski definition) is 8. The van der Waals surface area contributed by atoms with E-state index in [4.69, 9.17) is 15.0 Å². The van der Waals surface area contributed by atoms with Crippen molar-refractivity contribution in [1.82, 2.24) is 15.0 Å². The van der Waals surface area contributed by atoms with Crippen LogP contribution in [0.15, 0.2) is 30.6 Å². The second-order valence-corrected chi connectivity index (χ2v) is 6.78. The third-order valence-corrected chi connectivity index (χ3v) is 4.93. The molecule has 2 aliphatic heterocycles. The Hall–Kier alpha value is -2.92. The number of morpholine rings is 1. The maximum atomic E-state index is 9.07. The summed E-state index contributed by atoms with van der Waals surface area (Å²) in [6, 6.07) is 8.14. The summed E-state index contributed by atoms with van der Waals surface area (Å²) in [7, 11) is 0. The summed E-state index contributed by atoms with van der Waals surface area (Å²) in [5.41, 5.74) is 1.50. The molecule has 2 aromatic rings. The van der Waals surface area contributed by atoms with E-state index in [1.165, 1.54) is 0 Å². The average molecular weight is 365 g/mol. The Morgan fingerprint density at radius 2 is 1.96 bits per heavy atom. The highest BCUT2D eigenvalue weighted by atomic mass is 16.5. The molecule has 0 saturated carbocycles. The second kappa shape index (κ2) is 8.18. The Balaban J connectivity index is 1.42. The molecule has 0 radical (unpaired) electrons. The molecule has 2 aliphatic rings. The molecule has 2 saturated heterocycles. The summed E-state index contributed by atoms with van der Waals surface area (Å²) < 4.78 is 5.40. The smallest absolute Gasteiger partial charge is 0.227 e. The normalized spacial score (nSPS) is 20.2. The van der Waals surface area contributed by atoms with E-state index in [0.717, 1.165) is 69.7 Å². The number of nitrogens with one attached hydrogen (secondary N) is 1. The Morgan fingerprint density at radius 3 is 2.81 bits per heavy atom. The van der Waals surface area contributed by atoms with Crippen LogP contribution in [0.2, 0.25) is 0 Å². The average Bonchev–Trinajstić information content (AvgIpc) is 2.75. The first-order valence-corrected chi connectivity index (χ1v) is 9.35. The zero-order valence-corrected chi connectivity index (χ0v) is 15.2. The van der Waals surface area contributed by atoms with Crippen molar-refractivity contribution in [2.45, 2.75) is 18.9 Å². The van der Waals surface area contributed by atoms with Crippen LogP contribution in [0.3, 0.4) is 0 Å². The number of rotatable bonds is 4. The highest BCUT2D eigenvalue weighted by Crippen LogP contribution is 2.22. The van der Waals surface area contributed by atoms with E-state index in [2.05, 4.69) is 31.2 Å². The van der Waals surface area contributed by atoms with Crippen molar-refractivity contribution in [3.05, 3.63) is 36.3 Å². The molecule has 8 nitrogen and oxygen atoms in total. The van der Waals surface area contributed by atoms with Crippen LogP contribution < -0.4 is 15.1 Å². The number of nitriles is 1. The van der Waals surface area contributed by atoms with Gasteiger partial charge in [-0.2, -0.15) is 10.2 Å². The van der Waals surface area contributed by atoms with Crippen molar-refractivity contribution in [1.29, 1.82) is 5.26 Å². The zero-order chi connectivity index (χ0) is 18.5. The first-order valence-electron chi connectivity index (χ1n) is 9.35. The number of anilines is 3. The van der Waals surface area contributed by atoms with Crippen LogP contribution in [-0.4, -0.2) is 60.4 Å². The maximum Gasteiger partial charge on any atom is 0.227 e. The van der Waals surface area contributed by atoms with E-state index in [9.17, 15) is 0 Å². The third kappa shape index (κ3) is 4.26. The molecule has 1 atom stereocenters. The monoisotopic (exact) mass is 365 g/mol. The molecule has 2 aromatic heterocycles. The summed E-state index contributed by atoms with van der Waals surface area (Å²) in [5, 5.41) is 12.6. The molecule has 0 amide bonds. The highest BCUT2D eigenvalue weighted by molar-refractivity contribution is 5.50. The van der Waals surface area contributed by atoms with Crippen LogP contribution in [0.1, 0.15) is 18.5 Å². The van der Waals surface area contributed by atoms with Crippen LogP contribution in [0.4, 0.5) is 17.5 Å². The van der Waals surface area contributed by atoms with Gasteiger partial charge in [-0.15, -0.1) is 0 Å². The van der Waals surface area contributed by atoms with Crippen LogP contribution in [0.25, 0.3) is 0 Å². The van der Waals surface area contributed by atoms with Crippen molar-refractivity contribution in [3.63, 3.8) is 0 Å². The van der Waals surface area contributed by atoms with E-state index in [1.807, 2.05) is 24.4 Å². The largest absolute Gasteiger partial charge is 0.378 e. The molecule has 1 unspecified atom stereocenters. The number of aromatic nitrogens is 3. The molecule has 0 aromatic carbocycles. The molecular formula is C19H23N7O. The first kappa shape index (κ1) is 17.5. The number of ether oxygens (including phenoxy) is 1. The molecule has 140 valence electrons. The second-order valence-electron chi connectivity index (χ2n) is 6.78. The molecule has 2 fully saturated rings. The molecular weight excluding hydrogens is 342 g/mol. The Bertz CT molecular complexity index is 816. The number of hydrogen-bond donors (Lipinski definition) is 1. The molecule has 4 rings (SSSR count). The fourth-order valence-corrected chi connectivity index (χ4v) is 3.56. The van der Waals surface area contributed by atoms with Gasteiger partial charge in [0.1, 0.15) is 17.6 Å². The molecule has 8 heteroatoms. The summed E-state index contributed by atoms with van der Waals surface area (Å²) in [5.74, 6) is 1.61. The van der Waals surface area contributed by atoms with E-state index in [0.29, 0.717) is 11.7 Å². The van der Waals surface area contributed by atoms with E-state index in [-0.39, 0.29) is 0 Å². The summed E-state index contributed by atoms with van der Waals surface area (Å²) in [4.78, 5) is 17.6. The van der Waals surface area contributed by atoms with Gasteiger partial charge < -0.3 is 19.9 Å². The lowest BCUT2D eigenvalue weighted by Gasteiger charge is -2.35. The van der Waals surface area contributed by atoms with Crippen LogP contribution >= 0.6 is 0 Å². The van der Waals surface area contributed by atoms with Crippen molar-refractivity contribution in [2.75, 3.05) is 54.5 Å². The lowest BCUT2D eigenvalue weighted by atomic mass is 10.0. The first-order chi connectivity index (χ1) is 13.3. The fraction of sp³-hybridized carbons (Fsp3) is 0.474. The Labute approximate surface area is 158 Å². The standard InChI is InChI=1S/C19H23N7O/c20-13-16-12-17(3-5-21-16)26-7-1-2-15(14-26)23-18-4-6-22-19(24-18)25-8-10-27-11-9-25/h3-6,12,15H,1-2,7-11,14H2,(H,22,23,24). The lowest BCUT2D eigenvalue weighted by molar-refractivity contribution is 0.122. The topological polar surface area (TPSA) is 90.2 Å². The SMILES string of the molecule is N#Cc1cc(N2CCCC(Nc3ccnc(N4CCOCC4)n3)C2)ccn1. The quantitative estimate of drug-likeness (QED) is 0.875. The lowest BCUT2D eigenvalue weighted by Crippen LogP contribution is -2.42. The molecule has 4 heterocycles. The molecule has 0 bridgehead atoms. The van der Waals surface area contributed by atoms with Crippen molar-refractivity contribution < 1.29 is 4.74 Å². The predicted molar refractivity (Wildman–Crippen MR) is 103 cm³/mol. The van der Waals surface area contributed by atoms with Gasteiger partial charge in [-0.1, -0.05) is 0 Å². The van der Waals surface area contributed by atoms with Crippen molar-refractivity contribution >= 4 is 17.5 Å². The third-order valence-electron chi connectivity index (χ3n) is 4.93. The van der Waals surface area contributed by atoms with E-state index >= 15 is 0 Å².